The number of rotatable bonds is 5. The highest BCUT2D eigenvalue weighted by Crippen LogP contribution is 2.38. The average Bonchev–Trinajstić information content (AvgIpc) is 2.77. The third-order valence-corrected chi connectivity index (χ3v) is 6.85. The second kappa shape index (κ2) is 8.65. The van der Waals surface area contributed by atoms with Crippen molar-refractivity contribution in [1.82, 2.24) is 4.90 Å². The molecule has 2 aromatic carbocycles. The molecule has 30 heavy (non-hydrogen) atoms. The summed E-state index contributed by atoms with van der Waals surface area (Å²) < 4.78 is 18.4. The first-order chi connectivity index (χ1) is 14.5. The topological polar surface area (TPSA) is 95.7 Å². The van der Waals surface area contributed by atoms with Crippen molar-refractivity contribution >= 4 is 34.7 Å². The Morgan fingerprint density at radius 3 is 2.27 bits per heavy atom. The molecular weight excluding hydrogens is 424 g/mol. The number of ether oxygens (including phenoxy) is 1. The minimum Gasteiger partial charge on any atom is -0.614 e. The summed E-state index contributed by atoms with van der Waals surface area (Å²) in [6.07, 6.45) is 0.785. The van der Waals surface area contributed by atoms with E-state index >= 15 is 0 Å². The van der Waals surface area contributed by atoms with E-state index in [0.29, 0.717) is 5.57 Å². The van der Waals surface area contributed by atoms with Crippen molar-refractivity contribution in [3.8, 4) is 0 Å². The third-order valence-electron chi connectivity index (χ3n) is 5.08. The van der Waals surface area contributed by atoms with E-state index in [2.05, 4.69) is 0 Å². The number of hydrogen-bond donors (Lipinski definition) is 1. The molecule has 3 unspecified atom stereocenters. The SMILES string of the molecule is NC1C(=O)N2C(C(=O)OC(c3ccccc3)c3ccccc3)=C(/C=C/Cl)C[S+]([O-])C12. The predicted molar refractivity (Wildman–Crippen MR) is 114 cm³/mol. The number of amides is 1. The molecule has 1 saturated heterocycles. The number of fused-ring (bicyclic) bond motifs is 1. The summed E-state index contributed by atoms with van der Waals surface area (Å²) >= 11 is 4.30. The summed E-state index contributed by atoms with van der Waals surface area (Å²) in [6, 6.07) is 17.7. The zero-order valence-electron chi connectivity index (χ0n) is 15.8. The fraction of sp³-hybridized carbons (Fsp3) is 0.182. The maximum atomic E-state index is 13.3. The van der Waals surface area contributed by atoms with Crippen LogP contribution >= 0.6 is 11.6 Å². The number of nitrogens with two attached hydrogens (primary N) is 1. The third kappa shape index (κ3) is 3.65. The minimum atomic E-state index is -1.43. The standard InChI is InChI=1S/C22H19ClN2O4S/c23-12-11-16-13-30(28)21-17(24)20(26)25(21)18(16)22(27)29-19(14-7-3-1-4-8-14)15-9-5-2-6-10-15/h1-12,17,19,21H,13,24H2/b12-11+. The molecule has 0 bridgehead atoms. The van der Waals surface area contributed by atoms with Gasteiger partial charge in [-0.3, -0.25) is 9.69 Å². The van der Waals surface area contributed by atoms with Crippen LogP contribution in [-0.4, -0.2) is 38.5 Å². The molecule has 0 aromatic heterocycles. The monoisotopic (exact) mass is 442 g/mol. The molecule has 2 aliphatic rings. The number of esters is 1. The molecule has 8 heteroatoms. The second-order valence-electron chi connectivity index (χ2n) is 6.92. The van der Waals surface area contributed by atoms with Gasteiger partial charge >= 0.3 is 5.97 Å². The van der Waals surface area contributed by atoms with Gasteiger partial charge in [0.25, 0.3) is 5.91 Å². The number of benzene rings is 2. The van der Waals surface area contributed by atoms with Gasteiger partial charge in [0.1, 0.15) is 11.4 Å². The maximum absolute atomic E-state index is 13.3. The first-order valence-corrected chi connectivity index (χ1v) is 11.1. The summed E-state index contributed by atoms with van der Waals surface area (Å²) in [5.74, 6) is -1.09. The van der Waals surface area contributed by atoms with Gasteiger partial charge in [-0.25, -0.2) is 4.79 Å². The molecule has 3 atom stereocenters. The number of carbonyl (C=O) groups is 2. The van der Waals surface area contributed by atoms with E-state index < -0.39 is 40.6 Å². The van der Waals surface area contributed by atoms with E-state index in [1.165, 1.54) is 16.5 Å². The second-order valence-corrected chi connectivity index (χ2v) is 8.71. The number of β-lactam (4-membered cyclic amide) rings is 1. The molecule has 0 radical (unpaired) electrons. The lowest BCUT2D eigenvalue weighted by molar-refractivity contribution is -0.153. The van der Waals surface area contributed by atoms with Gasteiger partial charge in [-0.05, 0) is 28.4 Å². The predicted octanol–water partition coefficient (Wildman–Crippen LogP) is 2.58. The van der Waals surface area contributed by atoms with Crippen LogP contribution < -0.4 is 5.73 Å². The van der Waals surface area contributed by atoms with Gasteiger partial charge in [0.15, 0.2) is 12.1 Å². The van der Waals surface area contributed by atoms with E-state index in [1.54, 1.807) is 0 Å². The summed E-state index contributed by atoms with van der Waals surface area (Å²) in [6.45, 7) is 0. The van der Waals surface area contributed by atoms with Gasteiger partial charge < -0.3 is 15.0 Å². The van der Waals surface area contributed by atoms with Crippen LogP contribution in [0.1, 0.15) is 17.2 Å². The first kappa shape index (κ1) is 20.7. The van der Waals surface area contributed by atoms with Gasteiger partial charge in [-0.2, -0.15) is 0 Å². The Hall–Kier alpha value is -2.58. The van der Waals surface area contributed by atoms with Crippen LogP contribution in [0.5, 0.6) is 0 Å². The van der Waals surface area contributed by atoms with E-state index in [1.807, 2.05) is 60.7 Å². The van der Waals surface area contributed by atoms with Gasteiger partial charge in [-0.1, -0.05) is 72.3 Å². The number of carbonyl (C=O) groups excluding carboxylic acids is 2. The number of hydrogen-bond acceptors (Lipinski definition) is 5. The molecule has 1 amide bonds. The minimum absolute atomic E-state index is 0.0417. The summed E-state index contributed by atoms with van der Waals surface area (Å²) in [4.78, 5) is 26.9. The molecule has 2 N–H and O–H groups in total. The fourth-order valence-electron chi connectivity index (χ4n) is 3.65. The van der Waals surface area contributed by atoms with E-state index in [4.69, 9.17) is 22.1 Å². The van der Waals surface area contributed by atoms with Crippen molar-refractivity contribution in [3.05, 3.63) is 94.7 Å². The Morgan fingerprint density at radius 1 is 1.17 bits per heavy atom. The summed E-state index contributed by atoms with van der Waals surface area (Å²) in [7, 11) is 0. The normalized spacial score (nSPS) is 23.5. The number of allylic oxidation sites excluding steroid dienone is 1. The lowest BCUT2D eigenvalue weighted by Crippen LogP contribution is -2.73. The maximum Gasteiger partial charge on any atom is 0.356 e. The van der Waals surface area contributed by atoms with E-state index in [-0.39, 0.29) is 11.4 Å². The molecule has 154 valence electrons. The van der Waals surface area contributed by atoms with Crippen molar-refractivity contribution in [2.45, 2.75) is 17.5 Å². The lowest BCUT2D eigenvalue weighted by Gasteiger charge is -2.47. The Labute approximate surface area is 182 Å². The molecule has 0 saturated carbocycles. The molecule has 1 fully saturated rings. The van der Waals surface area contributed by atoms with Crippen molar-refractivity contribution in [2.75, 3.05) is 5.75 Å². The van der Waals surface area contributed by atoms with Crippen LogP contribution in [0.15, 0.2) is 83.5 Å². The largest absolute Gasteiger partial charge is 0.614 e. The van der Waals surface area contributed by atoms with Crippen molar-refractivity contribution in [3.63, 3.8) is 0 Å². The lowest BCUT2D eigenvalue weighted by atomic mass is 10.0. The van der Waals surface area contributed by atoms with Crippen LogP contribution in [0.2, 0.25) is 0 Å². The highest BCUT2D eigenvalue weighted by molar-refractivity contribution is 7.92. The smallest absolute Gasteiger partial charge is 0.356 e. The van der Waals surface area contributed by atoms with Gasteiger partial charge in [-0.15, -0.1) is 0 Å². The molecule has 0 aliphatic carbocycles. The zero-order chi connectivity index (χ0) is 21.3. The molecule has 4 rings (SSSR count). The Morgan fingerprint density at radius 2 is 1.73 bits per heavy atom. The highest BCUT2D eigenvalue weighted by Gasteiger charge is 2.59. The van der Waals surface area contributed by atoms with E-state index in [9.17, 15) is 14.1 Å². The average molecular weight is 443 g/mol. The molecule has 2 heterocycles. The van der Waals surface area contributed by atoms with Crippen LogP contribution in [0.4, 0.5) is 0 Å². The van der Waals surface area contributed by atoms with Crippen molar-refractivity contribution in [1.29, 1.82) is 0 Å². The Balaban J connectivity index is 1.72. The van der Waals surface area contributed by atoms with Crippen molar-refractivity contribution < 1.29 is 18.9 Å². The Kier molecular flexibility index (Phi) is 5.97. The van der Waals surface area contributed by atoms with Gasteiger partial charge in [0.05, 0.1) is 0 Å². The fourth-order valence-corrected chi connectivity index (χ4v) is 5.40. The Bertz CT molecular complexity index is 973. The number of nitrogens with zero attached hydrogens (tertiary/aromatic N) is 1. The van der Waals surface area contributed by atoms with Crippen LogP contribution in [0.25, 0.3) is 0 Å². The molecule has 2 aromatic rings. The van der Waals surface area contributed by atoms with Crippen molar-refractivity contribution in [2.24, 2.45) is 5.73 Å². The molecule has 6 nitrogen and oxygen atoms in total. The van der Waals surface area contributed by atoms with Gasteiger partial charge in [0, 0.05) is 11.1 Å². The molecule has 0 spiro atoms. The van der Waals surface area contributed by atoms with Crippen LogP contribution in [0, 0.1) is 0 Å². The first-order valence-electron chi connectivity index (χ1n) is 9.29. The molecular formula is C22H19ClN2O4S. The summed E-state index contributed by atoms with van der Waals surface area (Å²) in [5.41, 5.74) is 9.04. The van der Waals surface area contributed by atoms with Crippen LogP contribution in [0.3, 0.4) is 0 Å². The number of halogens is 1. The van der Waals surface area contributed by atoms with E-state index in [0.717, 1.165) is 11.1 Å². The molecule has 2 aliphatic heterocycles. The van der Waals surface area contributed by atoms with Crippen LogP contribution in [-0.2, 0) is 25.5 Å². The quantitative estimate of drug-likeness (QED) is 0.436. The van der Waals surface area contributed by atoms with Gasteiger partial charge in [0.2, 0.25) is 5.37 Å². The highest BCUT2D eigenvalue weighted by atomic mass is 35.5. The summed E-state index contributed by atoms with van der Waals surface area (Å²) in [5, 5.41) is -0.737. The zero-order valence-corrected chi connectivity index (χ0v) is 17.4.